The average molecular weight is 387 g/mol. The second-order valence-corrected chi connectivity index (χ2v) is 6.43. The zero-order valence-electron chi connectivity index (χ0n) is 15.4. The van der Waals surface area contributed by atoms with E-state index in [1.54, 1.807) is 50.5 Å². The lowest BCUT2D eigenvalue weighted by atomic mass is 10.0. The van der Waals surface area contributed by atoms with Crippen molar-refractivity contribution in [2.45, 2.75) is 0 Å². The molecule has 0 N–H and O–H groups in total. The molecular formula is C20H19ClN2O4. The Kier molecular flexibility index (Phi) is 5.10. The van der Waals surface area contributed by atoms with Gasteiger partial charge in [-0.25, -0.2) is 0 Å². The van der Waals surface area contributed by atoms with Crippen LogP contribution in [0.4, 0.5) is 5.69 Å². The zero-order chi connectivity index (χ0) is 19.7. The largest absolute Gasteiger partial charge is 0.493 e. The molecule has 0 spiro atoms. The molecule has 0 unspecified atom stereocenters. The van der Waals surface area contributed by atoms with E-state index < -0.39 is 0 Å². The highest BCUT2D eigenvalue weighted by Gasteiger charge is 2.21. The van der Waals surface area contributed by atoms with E-state index in [0.29, 0.717) is 38.5 Å². The lowest BCUT2D eigenvalue weighted by Crippen LogP contribution is -2.29. The number of aromatic nitrogens is 1. The first-order chi connectivity index (χ1) is 12.9. The number of carbonyl (C=O) groups excluding carboxylic acids is 1. The van der Waals surface area contributed by atoms with Crippen LogP contribution in [0.5, 0.6) is 11.5 Å². The normalized spacial score (nSPS) is 10.7. The lowest BCUT2D eigenvalue weighted by Gasteiger charge is -2.20. The third-order valence-electron chi connectivity index (χ3n) is 4.44. The maximum absolute atomic E-state index is 13.2. The summed E-state index contributed by atoms with van der Waals surface area (Å²) in [4.78, 5) is 27.3. The van der Waals surface area contributed by atoms with Crippen LogP contribution in [0.25, 0.3) is 10.8 Å². The predicted octanol–water partition coefficient (Wildman–Crippen LogP) is 3.49. The van der Waals surface area contributed by atoms with E-state index >= 15 is 0 Å². The van der Waals surface area contributed by atoms with Crippen LogP contribution in [0.1, 0.15) is 10.4 Å². The molecule has 0 atom stereocenters. The Balaban J connectivity index is 2.24. The minimum Gasteiger partial charge on any atom is -0.493 e. The fourth-order valence-electron chi connectivity index (χ4n) is 2.97. The molecule has 1 aromatic heterocycles. The van der Waals surface area contributed by atoms with Crippen molar-refractivity contribution in [3.63, 3.8) is 0 Å². The van der Waals surface area contributed by atoms with Crippen LogP contribution in [-0.4, -0.2) is 31.7 Å². The number of hydrogen-bond donors (Lipinski definition) is 0. The number of nitrogens with zero attached hydrogens (tertiary/aromatic N) is 2. The number of hydrogen-bond acceptors (Lipinski definition) is 4. The van der Waals surface area contributed by atoms with Crippen molar-refractivity contribution in [1.29, 1.82) is 0 Å². The van der Waals surface area contributed by atoms with Crippen molar-refractivity contribution in [3.8, 4) is 11.5 Å². The van der Waals surface area contributed by atoms with Crippen LogP contribution < -0.4 is 19.9 Å². The maximum Gasteiger partial charge on any atom is 0.260 e. The van der Waals surface area contributed by atoms with E-state index in [2.05, 4.69) is 0 Å². The summed E-state index contributed by atoms with van der Waals surface area (Å²) in [5.74, 6) is 0.565. The number of halogens is 1. The van der Waals surface area contributed by atoms with Gasteiger partial charge in [0.2, 0.25) is 0 Å². The van der Waals surface area contributed by atoms with E-state index in [1.165, 1.54) is 29.9 Å². The fraction of sp³-hybridized carbons (Fsp3) is 0.200. The molecule has 0 bridgehead atoms. The van der Waals surface area contributed by atoms with Crippen molar-refractivity contribution in [1.82, 2.24) is 4.57 Å². The van der Waals surface area contributed by atoms with Gasteiger partial charge in [0, 0.05) is 25.7 Å². The zero-order valence-corrected chi connectivity index (χ0v) is 16.2. The SMILES string of the molecule is COc1cc2c(C(=O)N(C)c3ccccc3Cl)cn(C)c(=O)c2cc1OC. The standard InChI is InChI=1S/C20H19ClN2O4/c1-22-11-14(20(25)23(2)16-8-6-5-7-15(16)21)12-9-17(26-3)18(27-4)10-13(12)19(22)24/h5-11H,1-4H3. The van der Waals surface area contributed by atoms with Crippen LogP contribution in [0, 0.1) is 0 Å². The quantitative estimate of drug-likeness (QED) is 0.688. The Hall–Kier alpha value is -2.99. The number of pyridine rings is 1. The van der Waals surface area contributed by atoms with Crippen molar-refractivity contribution >= 4 is 34.0 Å². The first-order valence-corrected chi connectivity index (χ1v) is 8.54. The number of methoxy groups -OCH3 is 2. The molecule has 0 aliphatic carbocycles. The fourth-order valence-corrected chi connectivity index (χ4v) is 3.24. The molecular weight excluding hydrogens is 368 g/mol. The van der Waals surface area contributed by atoms with E-state index in [0.717, 1.165) is 0 Å². The summed E-state index contributed by atoms with van der Waals surface area (Å²) in [5.41, 5.74) is 0.699. The van der Waals surface area contributed by atoms with E-state index in [-0.39, 0.29) is 11.5 Å². The molecule has 1 amide bonds. The van der Waals surface area contributed by atoms with Gasteiger partial charge in [-0.1, -0.05) is 23.7 Å². The van der Waals surface area contributed by atoms with Crippen LogP contribution in [0.2, 0.25) is 5.02 Å². The molecule has 2 aromatic carbocycles. The minimum absolute atomic E-state index is 0.233. The van der Waals surface area contributed by atoms with Gasteiger partial charge in [0.1, 0.15) is 0 Å². The Morgan fingerprint density at radius 2 is 1.67 bits per heavy atom. The van der Waals surface area contributed by atoms with Crippen LogP contribution in [0.15, 0.2) is 47.4 Å². The smallest absolute Gasteiger partial charge is 0.260 e. The monoisotopic (exact) mass is 386 g/mol. The number of amides is 1. The molecule has 0 aliphatic heterocycles. The molecule has 0 fully saturated rings. The van der Waals surface area contributed by atoms with E-state index in [9.17, 15) is 9.59 Å². The summed E-state index contributed by atoms with van der Waals surface area (Å²) in [6, 6.07) is 10.3. The molecule has 3 aromatic rings. The molecule has 140 valence electrons. The highest BCUT2D eigenvalue weighted by molar-refractivity contribution is 6.34. The second kappa shape index (κ2) is 7.32. The lowest BCUT2D eigenvalue weighted by molar-refractivity contribution is 0.0994. The van der Waals surface area contributed by atoms with E-state index in [1.807, 2.05) is 0 Å². The van der Waals surface area contributed by atoms with Gasteiger partial charge in [0.15, 0.2) is 11.5 Å². The topological polar surface area (TPSA) is 60.8 Å². The summed E-state index contributed by atoms with van der Waals surface area (Å²) in [6.45, 7) is 0. The average Bonchev–Trinajstić information content (AvgIpc) is 2.69. The number of para-hydroxylation sites is 1. The van der Waals surface area contributed by atoms with E-state index in [4.69, 9.17) is 21.1 Å². The molecule has 0 saturated carbocycles. The number of aryl methyl sites for hydroxylation is 1. The van der Waals surface area contributed by atoms with Gasteiger partial charge >= 0.3 is 0 Å². The Morgan fingerprint density at radius 1 is 1.07 bits per heavy atom. The number of anilines is 1. The predicted molar refractivity (Wildman–Crippen MR) is 106 cm³/mol. The van der Waals surface area contributed by atoms with Gasteiger partial charge in [-0.15, -0.1) is 0 Å². The van der Waals surface area contributed by atoms with Gasteiger partial charge in [0.05, 0.1) is 35.9 Å². The van der Waals surface area contributed by atoms with Gasteiger partial charge in [0.25, 0.3) is 11.5 Å². The maximum atomic E-state index is 13.2. The highest BCUT2D eigenvalue weighted by atomic mass is 35.5. The summed E-state index contributed by atoms with van der Waals surface area (Å²) in [6.07, 6.45) is 1.52. The van der Waals surface area contributed by atoms with Crippen LogP contribution >= 0.6 is 11.6 Å². The Bertz CT molecular complexity index is 1090. The first kappa shape index (κ1) is 18.8. The molecule has 3 rings (SSSR count). The molecule has 27 heavy (non-hydrogen) atoms. The second-order valence-electron chi connectivity index (χ2n) is 6.03. The van der Waals surface area contributed by atoms with Crippen molar-refractivity contribution in [2.75, 3.05) is 26.2 Å². The molecule has 0 saturated heterocycles. The third kappa shape index (κ3) is 3.24. The van der Waals surface area contributed by atoms with Crippen LogP contribution in [-0.2, 0) is 7.05 Å². The van der Waals surface area contributed by atoms with Gasteiger partial charge in [-0.05, 0) is 24.3 Å². The summed E-state index contributed by atoms with van der Waals surface area (Å²) in [5, 5.41) is 1.31. The van der Waals surface area contributed by atoms with Crippen LogP contribution in [0.3, 0.4) is 0 Å². The number of rotatable bonds is 4. The molecule has 0 aliphatic rings. The molecule has 1 heterocycles. The van der Waals surface area contributed by atoms with Gasteiger partial charge in [-0.2, -0.15) is 0 Å². The van der Waals surface area contributed by atoms with Gasteiger partial charge in [-0.3, -0.25) is 9.59 Å². The molecule has 6 nitrogen and oxygen atoms in total. The minimum atomic E-state index is -0.295. The summed E-state index contributed by atoms with van der Waals surface area (Å²) >= 11 is 6.23. The Labute approximate surface area is 161 Å². The summed E-state index contributed by atoms with van der Waals surface area (Å²) in [7, 11) is 6.24. The van der Waals surface area contributed by atoms with Gasteiger partial charge < -0.3 is 18.9 Å². The number of carbonyl (C=O) groups is 1. The third-order valence-corrected chi connectivity index (χ3v) is 4.76. The molecule has 7 heteroatoms. The first-order valence-electron chi connectivity index (χ1n) is 8.17. The molecule has 0 radical (unpaired) electrons. The van der Waals surface area contributed by atoms with Crippen molar-refractivity contribution in [2.24, 2.45) is 7.05 Å². The Morgan fingerprint density at radius 3 is 2.26 bits per heavy atom. The summed E-state index contributed by atoms with van der Waals surface area (Å²) < 4.78 is 12.0. The number of benzene rings is 2. The van der Waals surface area contributed by atoms with Crippen molar-refractivity contribution < 1.29 is 14.3 Å². The van der Waals surface area contributed by atoms with Crippen molar-refractivity contribution in [3.05, 3.63) is 63.5 Å². The number of ether oxygens (including phenoxy) is 2. The number of fused-ring (bicyclic) bond motifs is 1. The highest BCUT2D eigenvalue weighted by Crippen LogP contribution is 2.33.